The number of halogens is 2. The number of anilines is 1. The molecule has 0 aromatic heterocycles. The van der Waals surface area contributed by atoms with E-state index in [4.69, 9.17) is 16.3 Å². The number of hydrogen-bond donors (Lipinski definition) is 1. The summed E-state index contributed by atoms with van der Waals surface area (Å²) in [6.45, 7) is 1.95. The van der Waals surface area contributed by atoms with Gasteiger partial charge in [-0.05, 0) is 49.4 Å². The Morgan fingerprint density at radius 2 is 1.87 bits per heavy atom. The van der Waals surface area contributed by atoms with Gasteiger partial charge in [0.25, 0.3) is 0 Å². The third-order valence-corrected chi connectivity index (χ3v) is 7.15. The highest BCUT2D eigenvalue weighted by molar-refractivity contribution is 7.89. The molecule has 0 bridgehead atoms. The monoisotopic (exact) mass is 469 g/mol. The van der Waals surface area contributed by atoms with E-state index in [0.29, 0.717) is 26.2 Å². The van der Waals surface area contributed by atoms with Gasteiger partial charge in [-0.1, -0.05) is 23.7 Å². The predicted octanol–water partition coefficient (Wildman–Crippen LogP) is 2.61. The van der Waals surface area contributed by atoms with E-state index >= 15 is 0 Å². The highest BCUT2D eigenvalue weighted by Crippen LogP contribution is 2.27. The second-order valence-electron chi connectivity index (χ2n) is 7.32. The van der Waals surface area contributed by atoms with E-state index in [1.54, 1.807) is 19.2 Å². The Labute approximate surface area is 186 Å². The molecule has 0 saturated carbocycles. The lowest BCUT2D eigenvalue weighted by molar-refractivity contribution is -0.117. The first kappa shape index (κ1) is 23.6. The molecule has 1 aliphatic heterocycles. The molecule has 2 aromatic rings. The molecule has 1 amide bonds. The van der Waals surface area contributed by atoms with Crippen LogP contribution in [0.4, 0.5) is 10.1 Å². The van der Waals surface area contributed by atoms with Crippen molar-refractivity contribution in [3.8, 4) is 0 Å². The standard InChI is InChI=1S/C21H25ClFN3O4S/c1-25(9-8-16-2-4-17(23)5-3-16)15-21(27)24-20-14-18(6-7-19(20)22)31(28,29)26-10-12-30-13-11-26/h2-7,14H,8-13,15H2,1H3,(H,24,27). The molecule has 1 N–H and O–H groups in total. The highest BCUT2D eigenvalue weighted by atomic mass is 35.5. The minimum Gasteiger partial charge on any atom is -0.379 e. The number of carbonyl (C=O) groups is 1. The Bertz CT molecular complexity index is 1010. The molecule has 1 heterocycles. The van der Waals surface area contributed by atoms with E-state index in [0.717, 1.165) is 5.56 Å². The first-order chi connectivity index (χ1) is 14.8. The summed E-state index contributed by atoms with van der Waals surface area (Å²) in [5.41, 5.74) is 1.21. The smallest absolute Gasteiger partial charge is 0.243 e. The zero-order chi connectivity index (χ0) is 22.4. The molecule has 0 aliphatic carbocycles. The van der Waals surface area contributed by atoms with Crippen LogP contribution in [-0.4, -0.2) is 70.0 Å². The van der Waals surface area contributed by atoms with Gasteiger partial charge in [0, 0.05) is 19.6 Å². The number of nitrogens with zero attached hydrogens (tertiary/aromatic N) is 2. The van der Waals surface area contributed by atoms with Crippen molar-refractivity contribution in [3.63, 3.8) is 0 Å². The van der Waals surface area contributed by atoms with Gasteiger partial charge >= 0.3 is 0 Å². The number of nitrogens with one attached hydrogen (secondary N) is 1. The van der Waals surface area contributed by atoms with Gasteiger partial charge in [0.2, 0.25) is 15.9 Å². The van der Waals surface area contributed by atoms with Crippen LogP contribution in [0.5, 0.6) is 0 Å². The van der Waals surface area contributed by atoms with E-state index in [1.165, 1.54) is 34.6 Å². The van der Waals surface area contributed by atoms with Crippen LogP contribution in [-0.2, 0) is 26.0 Å². The molecule has 3 rings (SSSR count). The highest BCUT2D eigenvalue weighted by Gasteiger charge is 2.27. The summed E-state index contributed by atoms with van der Waals surface area (Å²) in [6, 6.07) is 10.5. The minimum absolute atomic E-state index is 0.0683. The van der Waals surface area contributed by atoms with E-state index in [-0.39, 0.29) is 47.0 Å². The zero-order valence-electron chi connectivity index (χ0n) is 17.2. The molecule has 1 saturated heterocycles. The van der Waals surface area contributed by atoms with Crippen molar-refractivity contribution in [2.24, 2.45) is 0 Å². The third kappa shape index (κ3) is 6.47. The summed E-state index contributed by atoms with van der Waals surface area (Å²) < 4.78 is 45.2. The van der Waals surface area contributed by atoms with Crippen molar-refractivity contribution in [3.05, 3.63) is 58.9 Å². The molecular weight excluding hydrogens is 445 g/mol. The summed E-state index contributed by atoms with van der Waals surface area (Å²) in [5, 5.41) is 2.95. The van der Waals surface area contributed by atoms with Crippen LogP contribution in [0.1, 0.15) is 5.56 Å². The van der Waals surface area contributed by atoms with E-state index < -0.39 is 10.0 Å². The maximum atomic E-state index is 13.0. The average molecular weight is 470 g/mol. The number of morpholine rings is 1. The maximum Gasteiger partial charge on any atom is 0.243 e. The number of rotatable bonds is 8. The Balaban J connectivity index is 1.60. The fraction of sp³-hybridized carbons (Fsp3) is 0.381. The molecule has 0 radical (unpaired) electrons. The predicted molar refractivity (Wildman–Crippen MR) is 117 cm³/mol. The van der Waals surface area contributed by atoms with Gasteiger partial charge in [-0.15, -0.1) is 0 Å². The first-order valence-corrected chi connectivity index (χ1v) is 11.7. The molecular formula is C21H25ClFN3O4S. The lowest BCUT2D eigenvalue weighted by Crippen LogP contribution is -2.40. The largest absolute Gasteiger partial charge is 0.379 e. The second-order valence-corrected chi connectivity index (χ2v) is 9.67. The summed E-state index contributed by atoms with van der Waals surface area (Å²) in [6.07, 6.45) is 0.665. The number of sulfonamides is 1. The van der Waals surface area contributed by atoms with Crippen molar-refractivity contribution in [2.45, 2.75) is 11.3 Å². The molecule has 7 nitrogen and oxygen atoms in total. The average Bonchev–Trinajstić information content (AvgIpc) is 2.75. The first-order valence-electron chi connectivity index (χ1n) is 9.86. The molecule has 31 heavy (non-hydrogen) atoms. The molecule has 10 heteroatoms. The molecule has 1 aliphatic rings. The molecule has 1 fully saturated rings. The van der Waals surface area contributed by atoms with Gasteiger partial charge in [-0.25, -0.2) is 12.8 Å². The van der Waals surface area contributed by atoms with Crippen LogP contribution in [0.3, 0.4) is 0 Å². The zero-order valence-corrected chi connectivity index (χ0v) is 18.8. The van der Waals surface area contributed by atoms with E-state index in [9.17, 15) is 17.6 Å². The molecule has 0 spiro atoms. The normalized spacial score (nSPS) is 15.2. The van der Waals surface area contributed by atoms with Crippen molar-refractivity contribution in [1.82, 2.24) is 9.21 Å². The number of carbonyl (C=O) groups excluding carboxylic acids is 1. The second kappa shape index (κ2) is 10.5. The van der Waals surface area contributed by atoms with Gasteiger partial charge in [0.1, 0.15) is 5.82 Å². The van der Waals surface area contributed by atoms with Gasteiger partial charge in [0.05, 0.1) is 35.4 Å². The Morgan fingerprint density at radius 1 is 1.19 bits per heavy atom. The van der Waals surface area contributed by atoms with Gasteiger partial charge in [-0.2, -0.15) is 4.31 Å². The van der Waals surface area contributed by atoms with Crippen LogP contribution >= 0.6 is 11.6 Å². The van der Waals surface area contributed by atoms with Crippen molar-refractivity contribution in [1.29, 1.82) is 0 Å². The molecule has 2 aromatic carbocycles. The summed E-state index contributed by atoms with van der Waals surface area (Å²) in [4.78, 5) is 14.3. The SMILES string of the molecule is CN(CCc1ccc(F)cc1)CC(=O)Nc1cc(S(=O)(=O)N2CCOCC2)ccc1Cl. The van der Waals surface area contributed by atoms with E-state index in [1.807, 2.05) is 4.90 Å². The van der Waals surface area contributed by atoms with Crippen LogP contribution in [0.25, 0.3) is 0 Å². The Kier molecular flexibility index (Phi) is 8.01. The Morgan fingerprint density at radius 3 is 2.55 bits per heavy atom. The van der Waals surface area contributed by atoms with Gasteiger partial charge in [-0.3, -0.25) is 9.69 Å². The maximum absolute atomic E-state index is 13.0. The van der Waals surface area contributed by atoms with Crippen LogP contribution in [0.2, 0.25) is 5.02 Å². The van der Waals surface area contributed by atoms with Crippen molar-refractivity contribution in [2.75, 3.05) is 51.8 Å². The van der Waals surface area contributed by atoms with Gasteiger partial charge < -0.3 is 10.1 Å². The van der Waals surface area contributed by atoms with Crippen molar-refractivity contribution >= 4 is 33.2 Å². The molecule has 168 valence electrons. The van der Waals surface area contributed by atoms with Crippen LogP contribution in [0.15, 0.2) is 47.4 Å². The Hall–Kier alpha value is -2.04. The number of likely N-dealkylation sites (N-methyl/N-ethyl adjacent to an activating group) is 1. The fourth-order valence-corrected chi connectivity index (χ4v) is 4.78. The summed E-state index contributed by atoms with van der Waals surface area (Å²) >= 11 is 6.18. The minimum atomic E-state index is -3.70. The lowest BCUT2D eigenvalue weighted by atomic mass is 10.1. The van der Waals surface area contributed by atoms with Gasteiger partial charge in [0.15, 0.2) is 0 Å². The number of hydrogen-bond acceptors (Lipinski definition) is 5. The van der Waals surface area contributed by atoms with Crippen LogP contribution in [0, 0.1) is 5.82 Å². The van der Waals surface area contributed by atoms with E-state index in [2.05, 4.69) is 5.32 Å². The topological polar surface area (TPSA) is 79.0 Å². The van der Waals surface area contributed by atoms with Crippen molar-refractivity contribution < 1.29 is 22.3 Å². The summed E-state index contributed by atoms with van der Waals surface area (Å²) in [7, 11) is -1.90. The lowest BCUT2D eigenvalue weighted by Gasteiger charge is -2.26. The van der Waals surface area contributed by atoms with Crippen LogP contribution < -0.4 is 5.32 Å². The number of benzene rings is 2. The molecule has 0 atom stereocenters. The summed E-state index contributed by atoms with van der Waals surface area (Å²) in [5.74, 6) is -0.601. The number of ether oxygens (including phenoxy) is 1. The quantitative estimate of drug-likeness (QED) is 0.643. The number of amides is 1. The fourth-order valence-electron chi connectivity index (χ4n) is 3.18. The third-order valence-electron chi connectivity index (χ3n) is 4.93. The molecule has 0 unspecified atom stereocenters.